The summed E-state index contributed by atoms with van der Waals surface area (Å²) in [7, 11) is 1.96. The maximum atomic E-state index is 5.81. The highest BCUT2D eigenvalue weighted by Gasteiger charge is 2.08. The zero-order valence-electron chi connectivity index (χ0n) is 12.7. The highest BCUT2D eigenvalue weighted by Crippen LogP contribution is 2.25. The second kappa shape index (κ2) is 6.46. The van der Waals surface area contributed by atoms with Crippen LogP contribution in [0.5, 0.6) is 5.75 Å². The second-order valence-corrected chi connectivity index (χ2v) is 5.14. The van der Waals surface area contributed by atoms with Gasteiger partial charge in [-0.2, -0.15) is 5.10 Å². The van der Waals surface area contributed by atoms with Gasteiger partial charge in [-0.25, -0.2) is 0 Å². The normalized spacial score (nSPS) is 10.8. The zero-order valence-corrected chi connectivity index (χ0v) is 12.7. The predicted molar refractivity (Wildman–Crippen MR) is 82.1 cm³/mol. The van der Waals surface area contributed by atoms with Crippen molar-refractivity contribution in [2.24, 2.45) is 7.05 Å². The molecule has 1 aromatic carbocycles. The van der Waals surface area contributed by atoms with Crippen molar-refractivity contribution in [2.75, 3.05) is 5.32 Å². The van der Waals surface area contributed by atoms with Gasteiger partial charge < -0.3 is 10.1 Å². The Bertz CT molecular complexity index is 561. The van der Waals surface area contributed by atoms with Crippen LogP contribution in [0.1, 0.15) is 32.0 Å². The molecule has 20 heavy (non-hydrogen) atoms. The van der Waals surface area contributed by atoms with E-state index in [1.54, 1.807) is 0 Å². The molecule has 0 saturated carbocycles. The Morgan fingerprint density at radius 2 is 2.05 bits per heavy atom. The summed E-state index contributed by atoms with van der Waals surface area (Å²) in [5.74, 6) is 0.893. The molecule has 0 saturated heterocycles. The van der Waals surface area contributed by atoms with Crippen LogP contribution in [0.4, 0.5) is 5.69 Å². The highest BCUT2D eigenvalue weighted by molar-refractivity contribution is 5.56. The summed E-state index contributed by atoms with van der Waals surface area (Å²) >= 11 is 0. The van der Waals surface area contributed by atoms with Crippen molar-refractivity contribution in [3.63, 3.8) is 0 Å². The summed E-state index contributed by atoms with van der Waals surface area (Å²) in [6.45, 7) is 6.96. The van der Waals surface area contributed by atoms with Crippen LogP contribution in [0.2, 0.25) is 0 Å². The molecular formula is C16H23N3O. The number of nitrogens with one attached hydrogen (secondary N) is 1. The molecule has 2 rings (SSSR count). The van der Waals surface area contributed by atoms with E-state index in [1.165, 1.54) is 5.56 Å². The zero-order chi connectivity index (χ0) is 14.5. The molecule has 1 aromatic heterocycles. The van der Waals surface area contributed by atoms with E-state index in [1.807, 2.05) is 49.8 Å². The number of rotatable bonds is 6. The lowest BCUT2D eigenvalue weighted by Gasteiger charge is -2.15. The molecule has 1 heterocycles. The molecule has 0 amide bonds. The van der Waals surface area contributed by atoms with E-state index < -0.39 is 0 Å². The minimum absolute atomic E-state index is 0.169. The molecule has 1 N–H and O–H groups in total. The van der Waals surface area contributed by atoms with Gasteiger partial charge in [-0.3, -0.25) is 4.68 Å². The fraction of sp³-hybridized carbons (Fsp3) is 0.438. The number of nitrogens with zero attached hydrogens (tertiary/aromatic N) is 2. The quantitative estimate of drug-likeness (QED) is 0.877. The third-order valence-corrected chi connectivity index (χ3v) is 3.05. The number of anilines is 1. The van der Waals surface area contributed by atoms with E-state index in [4.69, 9.17) is 4.74 Å². The molecule has 2 aromatic rings. The van der Waals surface area contributed by atoms with E-state index in [2.05, 4.69) is 23.5 Å². The summed E-state index contributed by atoms with van der Waals surface area (Å²) in [4.78, 5) is 0. The smallest absolute Gasteiger partial charge is 0.142 e. The van der Waals surface area contributed by atoms with Crippen molar-refractivity contribution in [3.05, 3.63) is 41.7 Å². The third kappa shape index (κ3) is 3.53. The second-order valence-electron chi connectivity index (χ2n) is 5.14. The molecule has 0 aliphatic carbocycles. The van der Waals surface area contributed by atoms with Crippen molar-refractivity contribution in [1.29, 1.82) is 0 Å². The molecule has 0 aliphatic rings. The first kappa shape index (κ1) is 14.4. The first-order chi connectivity index (χ1) is 9.60. The van der Waals surface area contributed by atoms with Crippen LogP contribution >= 0.6 is 0 Å². The van der Waals surface area contributed by atoms with Crippen LogP contribution in [0.3, 0.4) is 0 Å². The van der Waals surface area contributed by atoms with E-state index >= 15 is 0 Å². The lowest BCUT2D eigenvalue weighted by Crippen LogP contribution is -2.09. The summed E-state index contributed by atoms with van der Waals surface area (Å²) < 4.78 is 7.68. The average molecular weight is 273 g/mol. The minimum Gasteiger partial charge on any atom is -0.489 e. The van der Waals surface area contributed by atoms with Gasteiger partial charge >= 0.3 is 0 Å². The fourth-order valence-electron chi connectivity index (χ4n) is 2.19. The summed E-state index contributed by atoms with van der Waals surface area (Å²) in [6.07, 6.45) is 3.18. The molecule has 0 spiro atoms. The topological polar surface area (TPSA) is 39.1 Å². The lowest BCUT2D eigenvalue weighted by atomic mass is 10.2. The fourth-order valence-corrected chi connectivity index (χ4v) is 2.19. The van der Waals surface area contributed by atoms with Crippen molar-refractivity contribution in [2.45, 2.75) is 39.8 Å². The largest absolute Gasteiger partial charge is 0.489 e. The summed E-state index contributed by atoms with van der Waals surface area (Å²) in [5, 5.41) is 7.90. The molecule has 4 heteroatoms. The maximum absolute atomic E-state index is 5.81. The predicted octanol–water partition coefficient (Wildman–Crippen LogP) is 3.38. The maximum Gasteiger partial charge on any atom is 0.142 e. The van der Waals surface area contributed by atoms with Crippen LogP contribution in [0.15, 0.2) is 30.5 Å². The number of hydrogen-bond donors (Lipinski definition) is 1. The van der Waals surface area contributed by atoms with Gasteiger partial charge in [0.1, 0.15) is 5.75 Å². The Balaban J connectivity index is 2.10. The van der Waals surface area contributed by atoms with Gasteiger partial charge in [-0.05, 0) is 32.4 Å². The van der Waals surface area contributed by atoms with Crippen molar-refractivity contribution < 1.29 is 4.74 Å². The molecule has 0 bridgehead atoms. The first-order valence-electron chi connectivity index (χ1n) is 7.11. The van der Waals surface area contributed by atoms with Crippen LogP contribution in [0.25, 0.3) is 0 Å². The molecule has 108 valence electrons. The molecule has 4 nitrogen and oxygen atoms in total. The number of hydrogen-bond acceptors (Lipinski definition) is 3. The lowest BCUT2D eigenvalue weighted by molar-refractivity contribution is 0.243. The van der Waals surface area contributed by atoms with Crippen molar-refractivity contribution in [3.8, 4) is 5.75 Å². The van der Waals surface area contributed by atoms with Gasteiger partial charge in [-0.15, -0.1) is 0 Å². The molecule has 0 radical (unpaired) electrons. The van der Waals surface area contributed by atoms with Crippen LogP contribution in [0, 0.1) is 0 Å². The van der Waals surface area contributed by atoms with Gasteiger partial charge in [-0.1, -0.05) is 19.1 Å². The van der Waals surface area contributed by atoms with Crippen LogP contribution in [-0.2, 0) is 20.0 Å². The third-order valence-electron chi connectivity index (χ3n) is 3.05. The molecule has 0 aliphatic heterocycles. The van der Waals surface area contributed by atoms with E-state index in [-0.39, 0.29) is 6.10 Å². The Morgan fingerprint density at radius 3 is 2.75 bits per heavy atom. The standard InChI is InChI=1S/C16H23N3O/c1-5-14-13(11-19(4)18-14)10-17-15-8-6-7-9-16(15)20-12(2)3/h6-9,11-12,17H,5,10H2,1-4H3. The summed E-state index contributed by atoms with van der Waals surface area (Å²) in [5.41, 5.74) is 3.39. The number of para-hydroxylation sites is 2. The van der Waals surface area contributed by atoms with Crippen LogP contribution < -0.4 is 10.1 Å². The molecule has 0 atom stereocenters. The minimum atomic E-state index is 0.169. The van der Waals surface area contributed by atoms with E-state index in [9.17, 15) is 0 Å². The first-order valence-corrected chi connectivity index (χ1v) is 7.11. The summed E-state index contributed by atoms with van der Waals surface area (Å²) in [6, 6.07) is 8.04. The SMILES string of the molecule is CCc1nn(C)cc1CNc1ccccc1OC(C)C. The van der Waals surface area contributed by atoms with Crippen molar-refractivity contribution >= 4 is 5.69 Å². The highest BCUT2D eigenvalue weighted by atomic mass is 16.5. The van der Waals surface area contributed by atoms with Gasteiger partial charge in [0.15, 0.2) is 0 Å². The Morgan fingerprint density at radius 1 is 1.30 bits per heavy atom. The van der Waals surface area contributed by atoms with Gasteiger partial charge in [0.05, 0.1) is 17.5 Å². The van der Waals surface area contributed by atoms with Crippen LogP contribution in [-0.4, -0.2) is 15.9 Å². The molecular weight excluding hydrogens is 250 g/mol. The van der Waals surface area contributed by atoms with Gasteiger partial charge in [0.25, 0.3) is 0 Å². The van der Waals surface area contributed by atoms with Gasteiger partial charge in [0.2, 0.25) is 0 Å². The number of aryl methyl sites for hydroxylation is 2. The van der Waals surface area contributed by atoms with Crippen molar-refractivity contribution in [1.82, 2.24) is 9.78 Å². The number of ether oxygens (including phenoxy) is 1. The Hall–Kier alpha value is -1.97. The average Bonchev–Trinajstić information content (AvgIpc) is 2.77. The number of benzene rings is 1. The number of aromatic nitrogens is 2. The van der Waals surface area contributed by atoms with E-state index in [0.29, 0.717) is 0 Å². The van der Waals surface area contributed by atoms with E-state index in [0.717, 1.165) is 30.1 Å². The molecule has 0 fully saturated rings. The monoisotopic (exact) mass is 273 g/mol. The molecule has 0 unspecified atom stereocenters. The Labute approximate surface area is 120 Å². The van der Waals surface area contributed by atoms with Gasteiger partial charge in [0, 0.05) is 25.4 Å². The Kier molecular flexibility index (Phi) is 4.66.